The summed E-state index contributed by atoms with van der Waals surface area (Å²) in [5, 5.41) is 3.68. The van der Waals surface area contributed by atoms with Gasteiger partial charge in [-0.2, -0.15) is 0 Å². The molecule has 5 rings (SSSR count). The molecule has 2 aliphatic rings. The zero-order valence-corrected chi connectivity index (χ0v) is 22.5. The molecule has 192 valence electrons. The molecule has 1 unspecified atom stereocenters. The van der Waals surface area contributed by atoms with Crippen molar-refractivity contribution in [2.24, 2.45) is 5.92 Å². The number of likely N-dealkylation sites (N-methyl/N-ethyl adjacent to an activating group) is 1. The molecule has 3 aromatic rings. The molecule has 3 aromatic heterocycles. The molecule has 2 fully saturated rings. The summed E-state index contributed by atoms with van der Waals surface area (Å²) in [6.07, 6.45) is 10.6. The van der Waals surface area contributed by atoms with Crippen molar-refractivity contribution in [3.05, 3.63) is 35.8 Å². The number of piperidine rings is 1. The van der Waals surface area contributed by atoms with E-state index in [0.29, 0.717) is 6.04 Å². The first-order valence-electron chi connectivity index (χ1n) is 13.1. The molecule has 4 heterocycles. The predicted molar refractivity (Wildman–Crippen MR) is 147 cm³/mol. The van der Waals surface area contributed by atoms with E-state index in [-0.39, 0.29) is 0 Å². The van der Waals surface area contributed by atoms with Gasteiger partial charge in [-0.05, 0) is 63.4 Å². The Balaban J connectivity index is 0.000000414. The first-order chi connectivity index (χ1) is 17.1. The maximum atomic E-state index is 8.00. The van der Waals surface area contributed by atoms with Crippen LogP contribution in [0.5, 0.6) is 0 Å². The van der Waals surface area contributed by atoms with E-state index in [0.717, 1.165) is 58.5 Å². The van der Waals surface area contributed by atoms with Crippen LogP contribution in [-0.2, 0) is 4.79 Å². The number of aromatic nitrogens is 4. The highest BCUT2D eigenvalue weighted by Crippen LogP contribution is 2.31. The summed E-state index contributed by atoms with van der Waals surface area (Å²) in [7, 11) is 0. The molecule has 0 bridgehead atoms. The van der Waals surface area contributed by atoms with Gasteiger partial charge >= 0.3 is 0 Å². The molecule has 0 aromatic carbocycles. The Hall–Kier alpha value is -2.80. The zero-order chi connectivity index (χ0) is 25.8. The highest BCUT2D eigenvalue weighted by atomic mass is 16.1. The van der Waals surface area contributed by atoms with Gasteiger partial charge < -0.3 is 20.0 Å². The third-order valence-corrected chi connectivity index (χ3v) is 6.45. The molecule has 1 saturated carbocycles. The normalized spacial score (nSPS) is 17.3. The summed E-state index contributed by atoms with van der Waals surface area (Å²) >= 11 is 0. The van der Waals surface area contributed by atoms with Gasteiger partial charge in [-0.3, -0.25) is 0 Å². The lowest BCUT2D eigenvalue weighted by molar-refractivity contribution is -0.0979. The largest absolute Gasteiger partial charge is 0.365 e. The van der Waals surface area contributed by atoms with E-state index < -0.39 is 0 Å². The van der Waals surface area contributed by atoms with E-state index in [1.807, 2.05) is 52.9 Å². The maximum absolute atomic E-state index is 8.00. The second kappa shape index (κ2) is 14.6. The predicted octanol–water partition coefficient (Wildman–Crippen LogP) is 6.18. The Morgan fingerprint density at radius 2 is 1.86 bits per heavy atom. The minimum Gasteiger partial charge on any atom is -0.365 e. The summed E-state index contributed by atoms with van der Waals surface area (Å²) in [5.41, 5.74) is 5.73. The molecular weight excluding hydrogens is 436 g/mol. The molecule has 2 N–H and O–H groups in total. The van der Waals surface area contributed by atoms with Crippen LogP contribution in [0.2, 0.25) is 0 Å². The second-order valence-corrected chi connectivity index (χ2v) is 9.00. The maximum Gasteiger partial charge on any atom is 0.156 e. The fourth-order valence-corrected chi connectivity index (χ4v) is 4.20. The van der Waals surface area contributed by atoms with Crippen LogP contribution in [-0.4, -0.2) is 57.3 Å². The summed E-state index contributed by atoms with van der Waals surface area (Å²) in [4.78, 5) is 27.8. The SMILES string of the molecule is C=O.CC.CCC1CC1.CCN1CCCC(Nc2nc(C)ccc2-c2cnc3[nH]cc(C)c3n2)C1. The van der Waals surface area contributed by atoms with E-state index in [2.05, 4.69) is 40.1 Å². The lowest BCUT2D eigenvalue weighted by Gasteiger charge is -2.33. The molecule has 0 radical (unpaired) electrons. The highest BCUT2D eigenvalue weighted by molar-refractivity contribution is 5.80. The minimum absolute atomic E-state index is 0.419. The summed E-state index contributed by atoms with van der Waals surface area (Å²) in [6.45, 7) is 17.9. The van der Waals surface area contributed by atoms with Crippen molar-refractivity contribution in [2.75, 3.05) is 25.0 Å². The number of rotatable bonds is 5. The topological polar surface area (TPSA) is 86.8 Å². The Bertz CT molecular complexity index is 1030. The lowest BCUT2D eigenvalue weighted by Crippen LogP contribution is -2.42. The van der Waals surface area contributed by atoms with Crippen LogP contribution in [0.1, 0.15) is 71.1 Å². The van der Waals surface area contributed by atoms with Crippen molar-refractivity contribution >= 4 is 23.8 Å². The average molecular weight is 481 g/mol. The van der Waals surface area contributed by atoms with Crippen molar-refractivity contribution in [1.82, 2.24) is 24.8 Å². The molecule has 35 heavy (non-hydrogen) atoms. The third-order valence-electron chi connectivity index (χ3n) is 6.45. The number of hydrogen-bond acceptors (Lipinski definition) is 6. The van der Waals surface area contributed by atoms with E-state index >= 15 is 0 Å². The number of likely N-dealkylation sites (tertiary alicyclic amines) is 1. The van der Waals surface area contributed by atoms with Crippen molar-refractivity contribution in [2.45, 2.75) is 79.7 Å². The Morgan fingerprint density at radius 3 is 2.49 bits per heavy atom. The fourth-order valence-electron chi connectivity index (χ4n) is 4.20. The number of aromatic amines is 1. The van der Waals surface area contributed by atoms with Crippen molar-refractivity contribution < 1.29 is 4.79 Å². The minimum atomic E-state index is 0.419. The van der Waals surface area contributed by atoms with Crippen LogP contribution >= 0.6 is 0 Å². The van der Waals surface area contributed by atoms with Crippen molar-refractivity contribution in [3.63, 3.8) is 0 Å². The first kappa shape index (κ1) is 28.4. The molecule has 1 aliphatic heterocycles. The van der Waals surface area contributed by atoms with Crippen LogP contribution in [0.15, 0.2) is 24.5 Å². The first-order valence-corrected chi connectivity index (χ1v) is 13.1. The molecule has 0 amide bonds. The monoisotopic (exact) mass is 480 g/mol. The number of pyridine rings is 1. The Morgan fingerprint density at radius 1 is 1.11 bits per heavy atom. The van der Waals surface area contributed by atoms with Gasteiger partial charge in [0, 0.05) is 30.0 Å². The number of hydrogen-bond donors (Lipinski definition) is 2. The van der Waals surface area contributed by atoms with Crippen LogP contribution in [0, 0.1) is 19.8 Å². The average Bonchev–Trinajstić information content (AvgIpc) is 3.69. The number of fused-ring (bicyclic) bond motifs is 1. The van der Waals surface area contributed by atoms with Gasteiger partial charge in [0.1, 0.15) is 18.1 Å². The lowest BCUT2D eigenvalue weighted by atomic mass is 10.0. The van der Waals surface area contributed by atoms with Crippen molar-refractivity contribution in [3.8, 4) is 11.3 Å². The van der Waals surface area contributed by atoms with Gasteiger partial charge in [0.15, 0.2) is 5.65 Å². The second-order valence-electron chi connectivity index (χ2n) is 9.00. The molecule has 7 heteroatoms. The highest BCUT2D eigenvalue weighted by Gasteiger charge is 2.21. The number of anilines is 1. The van der Waals surface area contributed by atoms with Gasteiger partial charge in [0.05, 0.1) is 11.9 Å². The Labute approximate surface area is 211 Å². The number of carbonyl (C=O) groups is 1. The number of aryl methyl sites for hydroxylation is 2. The number of H-pyrrole nitrogens is 1. The van der Waals surface area contributed by atoms with E-state index in [1.54, 1.807) is 0 Å². The number of nitrogens with zero attached hydrogens (tertiary/aromatic N) is 4. The summed E-state index contributed by atoms with van der Waals surface area (Å²) in [5.74, 6) is 2.05. The smallest absolute Gasteiger partial charge is 0.156 e. The van der Waals surface area contributed by atoms with Gasteiger partial charge in [0.2, 0.25) is 0 Å². The van der Waals surface area contributed by atoms with Gasteiger partial charge in [-0.25, -0.2) is 15.0 Å². The number of carbonyl (C=O) groups excluding carboxylic acids is 1. The molecule has 1 saturated heterocycles. The van der Waals surface area contributed by atoms with Crippen LogP contribution in [0.3, 0.4) is 0 Å². The Kier molecular flexibility index (Phi) is 11.8. The molecule has 7 nitrogen and oxygen atoms in total. The molecule has 0 spiro atoms. The number of nitrogens with one attached hydrogen (secondary N) is 2. The van der Waals surface area contributed by atoms with Crippen LogP contribution in [0.4, 0.5) is 5.82 Å². The molecule has 1 aliphatic carbocycles. The quantitative estimate of drug-likeness (QED) is 0.453. The van der Waals surface area contributed by atoms with Crippen LogP contribution in [0.25, 0.3) is 22.4 Å². The van der Waals surface area contributed by atoms with Crippen molar-refractivity contribution in [1.29, 1.82) is 0 Å². The zero-order valence-electron chi connectivity index (χ0n) is 22.5. The fraction of sp³-hybridized carbons (Fsp3) is 0.571. The third kappa shape index (κ3) is 8.13. The van der Waals surface area contributed by atoms with E-state index in [1.165, 1.54) is 38.6 Å². The molecule has 1 atom stereocenters. The van der Waals surface area contributed by atoms with Crippen LogP contribution < -0.4 is 5.32 Å². The standard InChI is InChI=1S/C20H26N6.C5H10.C2H6.CH2O/c1-4-26-9-5-6-15(12-26)24-19-16(8-7-14(3)23-19)17-11-22-20-18(25-17)13(2)10-21-20;1-2-5-3-4-5;2*1-2/h7-8,10-11,15H,4-6,9,12H2,1-3H3,(H,21,22)(H,23,24);5H,2-4H2,1H3;1-2H3;1H2. The summed E-state index contributed by atoms with van der Waals surface area (Å²) in [6, 6.07) is 4.56. The van der Waals surface area contributed by atoms with Gasteiger partial charge in [0.25, 0.3) is 0 Å². The summed E-state index contributed by atoms with van der Waals surface area (Å²) < 4.78 is 0. The molecular formula is C28H44N6O. The van der Waals surface area contributed by atoms with Gasteiger partial charge in [-0.15, -0.1) is 0 Å². The van der Waals surface area contributed by atoms with Gasteiger partial charge in [-0.1, -0.05) is 47.0 Å². The van der Waals surface area contributed by atoms with E-state index in [9.17, 15) is 0 Å². The van der Waals surface area contributed by atoms with E-state index in [4.69, 9.17) is 14.8 Å².